The third-order valence-electron chi connectivity index (χ3n) is 5.06. The molecule has 0 spiro atoms. The first kappa shape index (κ1) is 20.3. The van der Waals surface area contributed by atoms with Crippen LogP contribution in [-0.2, 0) is 16.3 Å². The fourth-order valence-electron chi connectivity index (χ4n) is 3.41. The largest absolute Gasteiger partial charge is 0.367 e. The number of sulfone groups is 1. The van der Waals surface area contributed by atoms with Gasteiger partial charge in [-0.1, -0.05) is 23.8 Å². The molecule has 0 aliphatic carbocycles. The molecular formula is C21H27N3O3S. The Morgan fingerprint density at radius 2 is 1.89 bits per heavy atom. The quantitative estimate of drug-likeness (QED) is 0.833. The lowest BCUT2D eigenvalue weighted by Crippen LogP contribution is -2.43. The number of anilines is 1. The van der Waals surface area contributed by atoms with Gasteiger partial charge in [-0.2, -0.15) is 0 Å². The fraction of sp³-hybridized carbons (Fsp3) is 0.429. The Kier molecular flexibility index (Phi) is 6.03. The Labute approximate surface area is 166 Å². The van der Waals surface area contributed by atoms with Gasteiger partial charge >= 0.3 is 0 Å². The van der Waals surface area contributed by atoms with Crippen LogP contribution in [0.5, 0.6) is 0 Å². The van der Waals surface area contributed by atoms with E-state index < -0.39 is 9.84 Å². The van der Waals surface area contributed by atoms with Gasteiger partial charge in [0.25, 0.3) is 5.91 Å². The number of aromatic nitrogens is 1. The molecule has 1 aliphatic heterocycles. The van der Waals surface area contributed by atoms with E-state index in [0.717, 1.165) is 12.2 Å². The Balaban J connectivity index is 1.58. The third-order valence-corrected chi connectivity index (χ3v) is 6.67. The number of carbonyl (C=O) groups is 1. The summed E-state index contributed by atoms with van der Waals surface area (Å²) in [6.07, 6.45) is 2.44. The molecule has 1 aromatic carbocycles. The van der Waals surface area contributed by atoms with E-state index in [0.29, 0.717) is 5.56 Å². The summed E-state index contributed by atoms with van der Waals surface area (Å²) in [5.41, 5.74) is 4.32. The molecule has 1 saturated heterocycles. The van der Waals surface area contributed by atoms with Crippen LogP contribution in [0.2, 0.25) is 0 Å². The van der Waals surface area contributed by atoms with Crippen molar-refractivity contribution in [2.24, 2.45) is 0 Å². The van der Waals surface area contributed by atoms with Gasteiger partial charge in [0, 0.05) is 25.3 Å². The Bertz CT molecular complexity index is 941. The molecular weight excluding hydrogens is 374 g/mol. The predicted molar refractivity (Wildman–Crippen MR) is 111 cm³/mol. The van der Waals surface area contributed by atoms with Gasteiger partial charge < -0.3 is 10.2 Å². The highest BCUT2D eigenvalue weighted by Gasteiger charge is 2.25. The smallest absolute Gasteiger partial charge is 0.255 e. The van der Waals surface area contributed by atoms with E-state index in [1.165, 1.54) is 16.7 Å². The van der Waals surface area contributed by atoms with Gasteiger partial charge in [0.15, 0.2) is 9.84 Å². The molecule has 1 amide bonds. The minimum absolute atomic E-state index is 0.0295. The second-order valence-corrected chi connectivity index (χ2v) is 9.86. The molecule has 1 atom stereocenters. The van der Waals surface area contributed by atoms with Gasteiger partial charge in [0.05, 0.1) is 17.1 Å². The molecule has 28 heavy (non-hydrogen) atoms. The molecule has 1 N–H and O–H groups in total. The van der Waals surface area contributed by atoms with Gasteiger partial charge in [-0.05, 0) is 50.5 Å². The molecule has 2 heterocycles. The van der Waals surface area contributed by atoms with Crippen molar-refractivity contribution in [3.8, 4) is 0 Å². The molecule has 1 aliphatic rings. The van der Waals surface area contributed by atoms with Crippen molar-refractivity contribution < 1.29 is 13.2 Å². The van der Waals surface area contributed by atoms with Crippen molar-refractivity contribution >= 4 is 21.6 Å². The van der Waals surface area contributed by atoms with E-state index in [1.54, 1.807) is 23.2 Å². The molecule has 0 radical (unpaired) electrons. The Morgan fingerprint density at radius 3 is 2.50 bits per heavy atom. The van der Waals surface area contributed by atoms with E-state index in [2.05, 4.69) is 49.3 Å². The molecule has 2 aromatic rings. The van der Waals surface area contributed by atoms with Crippen molar-refractivity contribution in [2.45, 2.75) is 33.2 Å². The zero-order valence-corrected chi connectivity index (χ0v) is 17.4. The molecule has 7 heteroatoms. The van der Waals surface area contributed by atoms with Crippen LogP contribution in [-0.4, -0.2) is 54.8 Å². The molecule has 3 rings (SSSR count). The highest BCUT2D eigenvalue weighted by molar-refractivity contribution is 7.91. The number of aryl methyl sites for hydroxylation is 2. The topological polar surface area (TPSA) is 79.4 Å². The van der Waals surface area contributed by atoms with Crippen LogP contribution in [0.4, 0.5) is 5.82 Å². The highest BCUT2D eigenvalue weighted by atomic mass is 32.2. The van der Waals surface area contributed by atoms with Crippen LogP contribution in [0, 0.1) is 13.8 Å². The summed E-state index contributed by atoms with van der Waals surface area (Å²) >= 11 is 0. The number of hydrogen-bond donors (Lipinski definition) is 1. The van der Waals surface area contributed by atoms with Crippen LogP contribution in [0.25, 0.3) is 0 Å². The number of nitrogens with one attached hydrogen (secondary N) is 1. The Hall–Kier alpha value is -2.41. The first-order chi connectivity index (χ1) is 13.2. The first-order valence-electron chi connectivity index (χ1n) is 9.52. The van der Waals surface area contributed by atoms with Crippen molar-refractivity contribution in [1.82, 2.24) is 9.88 Å². The minimum Gasteiger partial charge on any atom is -0.367 e. The van der Waals surface area contributed by atoms with Gasteiger partial charge in [-0.3, -0.25) is 4.79 Å². The second kappa shape index (κ2) is 8.31. The van der Waals surface area contributed by atoms with Crippen molar-refractivity contribution in [2.75, 3.05) is 29.9 Å². The minimum atomic E-state index is -3.00. The summed E-state index contributed by atoms with van der Waals surface area (Å²) in [7, 11) is -3.00. The average molecular weight is 402 g/mol. The molecule has 1 aromatic heterocycles. The average Bonchev–Trinajstić information content (AvgIpc) is 2.64. The lowest BCUT2D eigenvalue weighted by Gasteiger charge is -2.26. The van der Waals surface area contributed by atoms with E-state index >= 15 is 0 Å². The van der Waals surface area contributed by atoms with Gasteiger partial charge in [0.1, 0.15) is 5.82 Å². The second-order valence-electron chi connectivity index (χ2n) is 7.56. The van der Waals surface area contributed by atoms with Crippen LogP contribution >= 0.6 is 0 Å². The van der Waals surface area contributed by atoms with Crippen LogP contribution in [0.3, 0.4) is 0 Å². The fourth-order valence-corrected chi connectivity index (χ4v) is 4.61. The van der Waals surface area contributed by atoms with Gasteiger partial charge in [0.2, 0.25) is 0 Å². The van der Waals surface area contributed by atoms with Gasteiger partial charge in [-0.15, -0.1) is 0 Å². The number of amides is 1. The normalized spacial score (nSPS) is 17.2. The Morgan fingerprint density at radius 1 is 1.18 bits per heavy atom. The number of nitrogens with zero attached hydrogens (tertiary/aromatic N) is 2. The predicted octanol–water partition coefficient (Wildman–Crippen LogP) is 2.61. The van der Waals surface area contributed by atoms with Crippen LogP contribution in [0.1, 0.15) is 34.0 Å². The summed E-state index contributed by atoms with van der Waals surface area (Å²) in [5, 5.41) is 3.37. The number of hydrogen-bond acceptors (Lipinski definition) is 5. The van der Waals surface area contributed by atoms with E-state index in [-0.39, 0.29) is 36.5 Å². The van der Waals surface area contributed by atoms with Gasteiger partial charge in [-0.25, -0.2) is 13.4 Å². The van der Waals surface area contributed by atoms with Crippen molar-refractivity contribution in [1.29, 1.82) is 0 Å². The zero-order valence-electron chi connectivity index (χ0n) is 16.6. The standard InChI is InChI=1S/C21H27N3O3S/c1-15-4-5-18(16(2)12-15)13-17(3)23-20-7-6-19(14-22-20)21(25)24-8-10-28(26,27)11-9-24/h4-7,12,14,17H,8-11,13H2,1-3H3,(H,22,23). The summed E-state index contributed by atoms with van der Waals surface area (Å²) in [4.78, 5) is 18.5. The monoisotopic (exact) mass is 401 g/mol. The molecule has 0 bridgehead atoms. The zero-order chi connectivity index (χ0) is 20.3. The van der Waals surface area contributed by atoms with Crippen LogP contribution < -0.4 is 5.32 Å². The van der Waals surface area contributed by atoms with E-state index in [1.807, 2.05) is 0 Å². The number of benzene rings is 1. The lowest BCUT2D eigenvalue weighted by molar-refractivity contribution is 0.0770. The summed E-state index contributed by atoms with van der Waals surface area (Å²) in [6.45, 7) is 6.81. The van der Waals surface area contributed by atoms with Crippen molar-refractivity contribution in [3.05, 3.63) is 58.8 Å². The molecule has 1 unspecified atom stereocenters. The molecule has 150 valence electrons. The van der Waals surface area contributed by atoms with Crippen LogP contribution in [0.15, 0.2) is 36.5 Å². The lowest BCUT2D eigenvalue weighted by atomic mass is 10.00. The maximum Gasteiger partial charge on any atom is 0.255 e. The maximum absolute atomic E-state index is 12.5. The maximum atomic E-state index is 12.5. The van der Waals surface area contributed by atoms with Crippen molar-refractivity contribution in [3.63, 3.8) is 0 Å². The molecule has 0 saturated carbocycles. The van der Waals surface area contributed by atoms with E-state index in [9.17, 15) is 13.2 Å². The van der Waals surface area contributed by atoms with E-state index in [4.69, 9.17) is 0 Å². The number of pyridine rings is 1. The summed E-state index contributed by atoms with van der Waals surface area (Å²) in [5.74, 6) is 0.607. The SMILES string of the molecule is Cc1ccc(CC(C)Nc2ccc(C(=O)N3CCS(=O)(=O)CC3)cn2)c(C)c1. The number of rotatable bonds is 5. The molecule has 1 fully saturated rings. The highest BCUT2D eigenvalue weighted by Crippen LogP contribution is 2.16. The number of carbonyl (C=O) groups excluding carboxylic acids is 1. The first-order valence-corrected chi connectivity index (χ1v) is 11.3. The summed E-state index contributed by atoms with van der Waals surface area (Å²) < 4.78 is 23.0. The third kappa shape index (κ3) is 5.10. The molecule has 6 nitrogen and oxygen atoms in total. The summed E-state index contributed by atoms with van der Waals surface area (Å²) in [6, 6.07) is 10.2.